The maximum Gasteiger partial charge on any atom is 0.228 e. The molecule has 140 valence electrons. The summed E-state index contributed by atoms with van der Waals surface area (Å²) < 4.78 is 55.8. The number of hydrogen-bond acceptors (Lipinski definition) is 3. The SMILES string of the molecule is CCCC1COC(c2ccc(-c3cc(F)c(OCF)c(F)c3)cc2)OC1. The third-order valence-electron chi connectivity index (χ3n) is 4.38. The lowest BCUT2D eigenvalue weighted by molar-refractivity contribution is -0.206. The minimum atomic E-state index is -1.29. The van der Waals surface area contributed by atoms with Gasteiger partial charge in [0.1, 0.15) is 0 Å². The molecule has 26 heavy (non-hydrogen) atoms. The van der Waals surface area contributed by atoms with E-state index < -0.39 is 30.5 Å². The van der Waals surface area contributed by atoms with Gasteiger partial charge in [-0.25, -0.2) is 13.2 Å². The summed E-state index contributed by atoms with van der Waals surface area (Å²) in [4.78, 5) is 0. The van der Waals surface area contributed by atoms with Crippen LogP contribution in [0.15, 0.2) is 36.4 Å². The van der Waals surface area contributed by atoms with Crippen LogP contribution in [0.1, 0.15) is 31.6 Å². The molecular formula is C20H21F3O3. The predicted molar refractivity (Wildman–Crippen MR) is 91.4 cm³/mol. The molecule has 0 bridgehead atoms. The minimum absolute atomic E-state index is 0.339. The van der Waals surface area contributed by atoms with E-state index in [1.54, 1.807) is 12.1 Å². The van der Waals surface area contributed by atoms with Crippen molar-refractivity contribution < 1.29 is 27.4 Å². The zero-order valence-electron chi connectivity index (χ0n) is 14.5. The Kier molecular flexibility index (Phi) is 6.16. The van der Waals surface area contributed by atoms with Crippen molar-refractivity contribution in [2.75, 3.05) is 20.1 Å². The summed E-state index contributed by atoms with van der Waals surface area (Å²) in [6, 6.07) is 9.33. The monoisotopic (exact) mass is 366 g/mol. The van der Waals surface area contributed by atoms with Crippen molar-refractivity contribution in [3.05, 3.63) is 53.6 Å². The van der Waals surface area contributed by atoms with Gasteiger partial charge in [0.15, 0.2) is 23.7 Å². The molecule has 0 radical (unpaired) electrons. The van der Waals surface area contributed by atoms with Gasteiger partial charge < -0.3 is 14.2 Å². The molecule has 0 spiro atoms. The summed E-state index contributed by atoms with van der Waals surface area (Å²) in [5, 5.41) is 0. The second-order valence-electron chi connectivity index (χ2n) is 6.30. The molecule has 0 aromatic heterocycles. The number of alkyl halides is 1. The summed E-state index contributed by atoms with van der Waals surface area (Å²) >= 11 is 0. The maximum atomic E-state index is 13.9. The van der Waals surface area contributed by atoms with E-state index in [4.69, 9.17) is 9.47 Å². The van der Waals surface area contributed by atoms with E-state index in [2.05, 4.69) is 11.7 Å². The van der Waals surface area contributed by atoms with Crippen molar-refractivity contribution in [3.63, 3.8) is 0 Å². The fraction of sp³-hybridized carbons (Fsp3) is 0.400. The van der Waals surface area contributed by atoms with Gasteiger partial charge in [0.25, 0.3) is 0 Å². The van der Waals surface area contributed by atoms with Crippen molar-refractivity contribution in [1.82, 2.24) is 0 Å². The predicted octanol–water partition coefficient (Wildman–Crippen LogP) is 5.40. The molecule has 2 aromatic rings. The lowest BCUT2D eigenvalue weighted by Crippen LogP contribution is -2.26. The van der Waals surface area contributed by atoms with Crippen LogP contribution < -0.4 is 4.74 Å². The standard InChI is InChI=1S/C20H21F3O3/c1-2-3-13-10-24-20(25-11-13)15-6-4-14(5-7-15)16-8-17(22)19(26-12-21)18(23)9-16/h4-9,13,20H,2-3,10-12H2,1H3. The Balaban J connectivity index is 1.72. The van der Waals surface area contributed by atoms with Gasteiger partial charge >= 0.3 is 0 Å². The van der Waals surface area contributed by atoms with Gasteiger partial charge in [-0.2, -0.15) is 0 Å². The molecule has 0 N–H and O–H groups in total. The number of rotatable bonds is 6. The molecule has 0 saturated carbocycles. The third kappa shape index (κ3) is 4.19. The van der Waals surface area contributed by atoms with Gasteiger partial charge in [0, 0.05) is 11.5 Å². The highest BCUT2D eigenvalue weighted by atomic mass is 19.1. The second kappa shape index (κ2) is 8.56. The van der Waals surface area contributed by atoms with E-state index >= 15 is 0 Å². The first kappa shape index (κ1) is 18.7. The zero-order chi connectivity index (χ0) is 18.5. The van der Waals surface area contributed by atoms with Gasteiger partial charge in [0.05, 0.1) is 13.2 Å². The molecule has 1 aliphatic rings. The topological polar surface area (TPSA) is 27.7 Å². The largest absolute Gasteiger partial charge is 0.457 e. The molecule has 1 fully saturated rings. The number of hydrogen-bond donors (Lipinski definition) is 0. The van der Waals surface area contributed by atoms with Gasteiger partial charge in [0.2, 0.25) is 6.86 Å². The summed E-state index contributed by atoms with van der Waals surface area (Å²) in [7, 11) is 0. The van der Waals surface area contributed by atoms with E-state index in [-0.39, 0.29) is 0 Å². The Morgan fingerprint density at radius 2 is 1.62 bits per heavy atom. The summed E-state index contributed by atoms with van der Waals surface area (Å²) in [6.45, 7) is 2.16. The summed E-state index contributed by atoms with van der Waals surface area (Å²) in [6.07, 6.45) is 1.75. The van der Waals surface area contributed by atoms with Crippen LogP contribution in [0.25, 0.3) is 11.1 Å². The lowest BCUT2D eigenvalue weighted by Gasteiger charge is -2.29. The Morgan fingerprint density at radius 3 is 2.15 bits per heavy atom. The Labute approximate surface area is 150 Å². The average Bonchev–Trinajstić information content (AvgIpc) is 2.66. The molecule has 6 heteroatoms. The second-order valence-corrected chi connectivity index (χ2v) is 6.30. The Morgan fingerprint density at radius 1 is 1.00 bits per heavy atom. The molecule has 0 amide bonds. The average molecular weight is 366 g/mol. The number of ether oxygens (including phenoxy) is 3. The van der Waals surface area contributed by atoms with Gasteiger partial charge in [-0.05, 0) is 29.7 Å². The lowest BCUT2D eigenvalue weighted by atomic mass is 10.0. The Bertz CT molecular complexity index is 703. The third-order valence-corrected chi connectivity index (χ3v) is 4.38. The molecule has 3 rings (SSSR count). The van der Waals surface area contributed by atoms with Crippen LogP contribution in [0.3, 0.4) is 0 Å². The fourth-order valence-electron chi connectivity index (χ4n) is 3.06. The molecular weight excluding hydrogens is 345 g/mol. The van der Waals surface area contributed by atoms with E-state index in [1.165, 1.54) is 0 Å². The van der Waals surface area contributed by atoms with Crippen LogP contribution in [0.2, 0.25) is 0 Å². The number of benzene rings is 2. The molecule has 3 nitrogen and oxygen atoms in total. The molecule has 0 aliphatic carbocycles. The molecule has 0 unspecified atom stereocenters. The number of halogens is 3. The molecule has 1 heterocycles. The highest BCUT2D eigenvalue weighted by molar-refractivity contribution is 5.65. The first-order chi connectivity index (χ1) is 12.6. The smallest absolute Gasteiger partial charge is 0.228 e. The van der Waals surface area contributed by atoms with E-state index in [0.29, 0.717) is 30.3 Å². The highest BCUT2D eigenvalue weighted by Gasteiger charge is 2.23. The Hall–Kier alpha value is -2.05. The van der Waals surface area contributed by atoms with Gasteiger partial charge in [-0.3, -0.25) is 0 Å². The van der Waals surface area contributed by atoms with Gasteiger partial charge in [-0.15, -0.1) is 0 Å². The van der Waals surface area contributed by atoms with Crippen LogP contribution in [-0.4, -0.2) is 20.1 Å². The minimum Gasteiger partial charge on any atom is -0.457 e. The van der Waals surface area contributed by atoms with Crippen LogP contribution in [0.4, 0.5) is 13.2 Å². The maximum absolute atomic E-state index is 13.9. The van der Waals surface area contributed by atoms with Crippen LogP contribution >= 0.6 is 0 Å². The first-order valence-corrected chi connectivity index (χ1v) is 8.63. The van der Waals surface area contributed by atoms with Crippen molar-refractivity contribution >= 4 is 0 Å². The normalized spacial score (nSPS) is 20.2. The van der Waals surface area contributed by atoms with Crippen molar-refractivity contribution in [2.45, 2.75) is 26.1 Å². The van der Waals surface area contributed by atoms with E-state index in [9.17, 15) is 13.2 Å². The van der Waals surface area contributed by atoms with Crippen LogP contribution in [0.5, 0.6) is 5.75 Å². The van der Waals surface area contributed by atoms with Crippen LogP contribution in [-0.2, 0) is 9.47 Å². The molecule has 1 aliphatic heterocycles. The quantitative estimate of drug-likeness (QED) is 0.685. The molecule has 0 atom stereocenters. The first-order valence-electron chi connectivity index (χ1n) is 8.63. The van der Waals surface area contributed by atoms with Crippen LogP contribution in [0, 0.1) is 17.6 Å². The van der Waals surface area contributed by atoms with E-state index in [0.717, 1.165) is 30.5 Å². The van der Waals surface area contributed by atoms with Gasteiger partial charge in [-0.1, -0.05) is 37.6 Å². The van der Waals surface area contributed by atoms with Crippen molar-refractivity contribution in [1.29, 1.82) is 0 Å². The highest BCUT2D eigenvalue weighted by Crippen LogP contribution is 2.31. The fourth-order valence-corrected chi connectivity index (χ4v) is 3.06. The molecule has 2 aromatic carbocycles. The summed E-state index contributed by atoms with van der Waals surface area (Å²) in [5.74, 6) is -2.17. The van der Waals surface area contributed by atoms with Crippen molar-refractivity contribution in [2.24, 2.45) is 5.92 Å². The summed E-state index contributed by atoms with van der Waals surface area (Å²) in [5.41, 5.74) is 1.81. The van der Waals surface area contributed by atoms with Crippen molar-refractivity contribution in [3.8, 4) is 16.9 Å². The molecule has 1 saturated heterocycles. The zero-order valence-corrected chi connectivity index (χ0v) is 14.5. The van der Waals surface area contributed by atoms with E-state index in [1.807, 2.05) is 12.1 Å².